The van der Waals surface area contributed by atoms with Gasteiger partial charge in [-0.25, -0.2) is 13.6 Å². The number of thiophene rings is 1. The SMILES string of the molecule is CCCCCC(C(=O)c1ccsc1)S(N)(=O)=O. The molecule has 6 heteroatoms. The van der Waals surface area contributed by atoms with Crippen LogP contribution in [0, 0.1) is 0 Å². The van der Waals surface area contributed by atoms with Crippen molar-refractivity contribution >= 4 is 27.1 Å². The summed E-state index contributed by atoms with van der Waals surface area (Å²) in [5, 5.41) is 7.43. The Hall–Kier alpha value is -0.720. The zero-order valence-electron chi connectivity index (χ0n) is 9.76. The zero-order chi connectivity index (χ0) is 12.9. The van der Waals surface area contributed by atoms with E-state index in [2.05, 4.69) is 0 Å². The molecule has 1 atom stereocenters. The van der Waals surface area contributed by atoms with E-state index in [1.807, 2.05) is 6.92 Å². The van der Waals surface area contributed by atoms with Crippen LogP contribution in [0.4, 0.5) is 0 Å². The van der Waals surface area contributed by atoms with Crippen LogP contribution < -0.4 is 5.14 Å². The minimum atomic E-state index is -3.82. The van der Waals surface area contributed by atoms with E-state index in [1.54, 1.807) is 16.8 Å². The summed E-state index contributed by atoms with van der Waals surface area (Å²) in [7, 11) is -3.82. The van der Waals surface area contributed by atoms with Crippen molar-refractivity contribution < 1.29 is 13.2 Å². The highest BCUT2D eigenvalue weighted by molar-refractivity contribution is 7.90. The van der Waals surface area contributed by atoms with Crippen molar-refractivity contribution in [2.45, 2.75) is 37.9 Å². The fourth-order valence-electron chi connectivity index (χ4n) is 1.61. The molecule has 17 heavy (non-hydrogen) atoms. The van der Waals surface area contributed by atoms with Crippen molar-refractivity contribution in [2.75, 3.05) is 0 Å². The Kier molecular flexibility index (Phi) is 5.30. The van der Waals surface area contributed by atoms with Crippen LogP contribution in [0.25, 0.3) is 0 Å². The van der Waals surface area contributed by atoms with Crippen molar-refractivity contribution in [3.63, 3.8) is 0 Å². The van der Waals surface area contributed by atoms with E-state index in [0.717, 1.165) is 12.8 Å². The van der Waals surface area contributed by atoms with E-state index in [-0.39, 0.29) is 5.78 Å². The molecule has 0 spiro atoms. The van der Waals surface area contributed by atoms with Gasteiger partial charge in [0.2, 0.25) is 10.0 Å². The highest BCUT2D eigenvalue weighted by Crippen LogP contribution is 2.17. The van der Waals surface area contributed by atoms with Gasteiger partial charge in [0.1, 0.15) is 5.25 Å². The normalized spacial score (nSPS) is 13.5. The van der Waals surface area contributed by atoms with Crippen LogP contribution in [-0.2, 0) is 10.0 Å². The lowest BCUT2D eigenvalue weighted by atomic mass is 10.1. The lowest BCUT2D eigenvalue weighted by Crippen LogP contribution is -2.35. The standard InChI is InChI=1S/C11H17NO3S2/c1-2-3-4-5-10(17(12,14)15)11(13)9-6-7-16-8-9/h6-8,10H,2-5H2,1H3,(H2,12,14,15). The van der Waals surface area contributed by atoms with Gasteiger partial charge in [0.25, 0.3) is 0 Å². The Bertz CT molecular complexity index is 451. The molecule has 0 fully saturated rings. The molecule has 0 bridgehead atoms. The van der Waals surface area contributed by atoms with Crippen LogP contribution in [0.3, 0.4) is 0 Å². The molecular weight excluding hydrogens is 258 g/mol. The van der Waals surface area contributed by atoms with Crippen LogP contribution in [0.5, 0.6) is 0 Å². The summed E-state index contributed by atoms with van der Waals surface area (Å²) in [6.45, 7) is 2.02. The molecule has 1 rings (SSSR count). The number of sulfonamides is 1. The van der Waals surface area contributed by atoms with Gasteiger partial charge in [-0.2, -0.15) is 11.3 Å². The van der Waals surface area contributed by atoms with Crippen LogP contribution >= 0.6 is 11.3 Å². The van der Waals surface area contributed by atoms with E-state index in [9.17, 15) is 13.2 Å². The monoisotopic (exact) mass is 275 g/mol. The average molecular weight is 275 g/mol. The van der Waals surface area contributed by atoms with Crippen molar-refractivity contribution in [1.82, 2.24) is 0 Å². The number of hydrogen-bond acceptors (Lipinski definition) is 4. The van der Waals surface area contributed by atoms with Crippen LogP contribution in [0.1, 0.15) is 43.0 Å². The van der Waals surface area contributed by atoms with Gasteiger partial charge in [0, 0.05) is 10.9 Å². The Morgan fingerprint density at radius 2 is 2.18 bits per heavy atom. The van der Waals surface area contributed by atoms with E-state index >= 15 is 0 Å². The van der Waals surface area contributed by atoms with Crippen LogP contribution in [0.15, 0.2) is 16.8 Å². The summed E-state index contributed by atoms with van der Waals surface area (Å²) in [5.74, 6) is -0.384. The third-order valence-corrected chi connectivity index (χ3v) is 4.49. The minimum Gasteiger partial charge on any atom is -0.293 e. The molecule has 0 amide bonds. The smallest absolute Gasteiger partial charge is 0.219 e. The van der Waals surface area contributed by atoms with Gasteiger partial charge >= 0.3 is 0 Å². The third-order valence-electron chi connectivity index (χ3n) is 2.56. The summed E-state index contributed by atoms with van der Waals surface area (Å²) in [6.07, 6.45) is 2.89. The molecule has 1 aromatic rings. The van der Waals surface area contributed by atoms with Gasteiger partial charge in [-0.3, -0.25) is 4.79 Å². The zero-order valence-corrected chi connectivity index (χ0v) is 11.4. The van der Waals surface area contributed by atoms with Crippen molar-refractivity contribution in [2.24, 2.45) is 5.14 Å². The number of rotatable bonds is 7. The molecule has 2 N–H and O–H groups in total. The maximum Gasteiger partial charge on any atom is 0.219 e. The second kappa shape index (κ2) is 6.28. The first-order valence-electron chi connectivity index (χ1n) is 5.54. The number of nitrogens with two attached hydrogens (primary N) is 1. The van der Waals surface area contributed by atoms with E-state index < -0.39 is 15.3 Å². The molecule has 1 heterocycles. The molecule has 0 aromatic carbocycles. The number of hydrogen-bond donors (Lipinski definition) is 1. The molecule has 1 unspecified atom stereocenters. The molecular formula is C11H17NO3S2. The second-order valence-corrected chi connectivity index (χ2v) is 6.48. The number of carbonyl (C=O) groups excluding carboxylic acids is 1. The Morgan fingerprint density at radius 3 is 2.65 bits per heavy atom. The largest absolute Gasteiger partial charge is 0.293 e. The first-order chi connectivity index (χ1) is 7.96. The van der Waals surface area contributed by atoms with Crippen LogP contribution in [0.2, 0.25) is 0 Å². The predicted octanol–water partition coefficient (Wildman–Crippen LogP) is 2.17. The van der Waals surface area contributed by atoms with Crippen molar-refractivity contribution in [3.05, 3.63) is 22.4 Å². The van der Waals surface area contributed by atoms with Crippen molar-refractivity contribution in [1.29, 1.82) is 0 Å². The van der Waals surface area contributed by atoms with Gasteiger partial charge < -0.3 is 0 Å². The number of ketones is 1. The van der Waals surface area contributed by atoms with Crippen molar-refractivity contribution in [3.8, 4) is 0 Å². The summed E-state index contributed by atoms with van der Waals surface area (Å²) in [4.78, 5) is 12.0. The van der Waals surface area contributed by atoms with E-state index in [1.165, 1.54) is 11.3 Å². The molecule has 0 saturated carbocycles. The highest BCUT2D eigenvalue weighted by Gasteiger charge is 2.29. The minimum absolute atomic E-state index is 0.307. The summed E-state index contributed by atoms with van der Waals surface area (Å²) >= 11 is 1.37. The third kappa shape index (κ3) is 4.22. The summed E-state index contributed by atoms with van der Waals surface area (Å²) < 4.78 is 22.8. The summed E-state index contributed by atoms with van der Waals surface area (Å²) in [6, 6.07) is 1.63. The maximum atomic E-state index is 12.0. The number of unbranched alkanes of at least 4 members (excludes halogenated alkanes) is 2. The number of Topliss-reactive ketones (excluding diaryl/α,β-unsaturated/α-hetero) is 1. The Labute approximate surface area is 106 Å². The van der Waals surface area contributed by atoms with Gasteiger partial charge in [0.05, 0.1) is 0 Å². The first-order valence-corrected chi connectivity index (χ1v) is 8.10. The van der Waals surface area contributed by atoms with Gasteiger partial charge in [-0.05, 0) is 17.9 Å². The van der Waals surface area contributed by atoms with Gasteiger partial charge in [-0.1, -0.05) is 26.2 Å². The van der Waals surface area contributed by atoms with Gasteiger partial charge in [-0.15, -0.1) is 0 Å². The average Bonchev–Trinajstić information content (AvgIpc) is 2.75. The molecule has 0 saturated heterocycles. The highest BCUT2D eigenvalue weighted by atomic mass is 32.2. The number of primary sulfonamides is 1. The first kappa shape index (κ1) is 14.3. The fourth-order valence-corrected chi connectivity index (χ4v) is 3.19. The molecule has 0 radical (unpaired) electrons. The second-order valence-electron chi connectivity index (χ2n) is 3.95. The van der Waals surface area contributed by atoms with Gasteiger partial charge in [0.15, 0.2) is 5.78 Å². The maximum absolute atomic E-state index is 12.0. The van der Waals surface area contributed by atoms with Crippen LogP contribution in [-0.4, -0.2) is 19.5 Å². The Balaban J connectivity index is 2.81. The summed E-state index contributed by atoms with van der Waals surface area (Å²) in [5.41, 5.74) is 0.436. The predicted molar refractivity (Wildman–Crippen MR) is 69.7 cm³/mol. The lowest BCUT2D eigenvalue weighted by molar-refractivity contribution is 0.0983. The topological polar surface area (TPSA) is 77.2 Å². The molecule has 0 aliphatic heterocycles. The molecule has 0 aliphatic carbocycles. The quantitative estimate of drug-likeness (QED) is 0.612. The molecule has 4 nitrogen and oxygen atoms in total. The lowest BCUT2D eigenvalue weighted by Gasteiger charge is -2.12. The fraction of sp³-hybridized carbons (Fsp3) is 0.545. The number of carbonyl (C=O) groups is 1. The molecule has 0 aliphatic rings. The van der Waals surface area contributed by atoms with E-state index in [4.69, 9.17) is 5.14 Å². The molecule has 96 valence electrons. The molecule has 1 aromatic heterocycles. The van der Waals surface area contributed by atoms with E-state index in [0.29, 0.717) is 18.4 Å². The Morgan fingerprint density at radius 1 is 1.47 bits per heavy atom.